The molecule has 0 aromatic heterocycles. The Bertz CT molecular complexity index is 1720. The molecule has 2 atom stereocenters. The number of nitrogens with two attached hydrogens (primary N) is 1. The van der Waals surface area contributed by atoms with Gasteiger partial charge in [-0.1, -0.05) is 80.1 Å². The predicted molar refractivity (Wildman–Crippen MR) is 188 cm³/mol. The molecule has 5 rings (SSSR count). The first kappa shape index (κ1) is 35.0. The molecule has 0 bridgehead atoms. The minimum Gasteiger partial charge on any atom is -0.497 e. The Morgan fingerprint density at radius 1 is 0.816 bits per heavy atom. The smallest absolute Gasteiger partial charge is 0.414 e. The first-order chi connectivity index (χ1) is 23.7. The quantitative estimate of drug-likeness (QED) is 0.149. The first-order valence-corrected chi connectivity index (χ1v) is 16.4. The third-order valence-electron chi connectivity index (χ3n) is 8.91. The van der Waals surface area contributed by atoms with E-state index >= 15 is 0 Å². The predicted octanol–water partition coefficient (Wildman–Crippen LogP) is 6.61. The molecule has 0 spiro atoms. The number of carbonyl (C=O) groups excluding carboxylic acids is 3. The van der Waals surface area contributed by atoms with E-state index in [4.69, 9.17) is 24.7 Å². The van der Waals surface area contributed by atoms with Gasteiger partial charge in [0.15, 0.2) is 6.73 Å². The lowest BCUT2D eigenvalue weighted by Gasteiger charge is -2.30. The zero-order chi connectivity index (χ0) is 34.9. The van der Waals surface area contributed by atoms with Gasteiger partial charge in [0.2, 0.25) is 11.8 Å². The molecule has 49 heavy (non-hydrogen) atoms. The van der Waals surface area contributed by atoms with Gasteiger partial charge in [-0.2, -0.15) is 0 Å². The van der Waals surface area contributed by atoms with E-state index in [2.05, 4.69) is 24.3 Å². The molecule has 0 saturated heterocycles. The van der Waals surface area contributed by atoms with Crippen LogP contribution in [0.25, 0.3) is 11.1 Å². The number of ether oxygens (including phenoxy) is 4. The van der Waals surface area contributed by atoms with Gasteiger partial charge in [-0.3, -0.25) is 14.5 Å². The summed E-state index contributed by atoms with van der Waals surface area (Å²) in [6.07, 6.45) is 0.230. The standard InChI is InChI=1S/C39H43N3O7/c1-5-27(21-35(40)38(44)42(26(2)43)25-49-28-13-7-6-8-14-28)23-41(36-20-19-29(46-3)22-37(36)47-4)39(45)48-24-34-32-17-11-9-15-30(32)31-16-10-12-18-33(31)34/h6-20,22,27,34-35H,5,21,23-25,40H2,1-4H3/t27?,35-/m0/s1. The number of carbonyl (C=O) groups is 3. The fourth-order valence-electron chi connectivity index (χ4n) is 6.21. The molecule has 2 N–H and O–H groups in total. The molecule has 1 aliphatic rings. The Morgan fingerprint density at radius 2 is 1.45 bits per heavy atom. The van der Waals surface area contributed by atoms with Gasteiger partial charge < -0.3 is 24.7 Å². The SMILES string of the molecule is CCC(C[C@H](N)C(=O)N(COc1ccccc1)C(C)=O)CN(C(=O)OCC1c2ccccc2-c2ccccc21)c1ccc(OC)cc1OC. The number of anilines is 1. The van der Waals surface area contributed by atoms with Gasteiger partial charge in [0, 0.05) is 25.5 Å². The van der Waals surface area contributed by atoms with Crippen molar-refractivity contribution in [3.8, 4) is 28.4 Å². The van der Waals surface area contributed by atoms with Crippen molar-refractivity contribution in [3.05, 3.63) is 108 Å². The molecule has 10 nitrogen and oxygen atoms in total. The summed E-state index contributed by atoms with van der Waals surface area (Å²) in [4.78, 5) is 42.5. The Morgan fingerprint density at radius 3 is 2.04 bits per heavy atom. The Kier molecular flexibility index (Phi) is 11.5. The summed E-state index contributed by atoms with van der Waals surface area (Å²) in [6.45, 7) is 3.30. The van der Waals surface area contributed by atoms with Crippen molar-refractivity contribution in [2.24, 2.45) is 11.7 Å². The second-order valence-electron chi connectivity index (χ2n) is 11.9. The Hall–Kier alpha value is -5.35. The van der Waals surface area contributed by atoms with Gasteiger partial charge in [-0.25, -0.2) is 9.69 Å². The minimum atomic E-state index is -1.02. The van der Waals surface area contributed by atoms with E-state index in [9.17, 15) is 14.4 Å². The van der Waals surface area contributed by atoms with Crippen molar-refractivity contribution in [2.75, 3.05) is 39.0 Å². The first-order valence-electron chi connectivity index (χ1n) is 16.4. The molecule has 0 aliphatic heterocycles. The molecule has 4 aromatic carbocycles. The normalized spacial score (nSPS) is 13.0. The lowest BCUT2D eigenvalue weighted by molar-refractivity contribution is -0.148. The second kappa shape index (κ2) is 16.2. The summed E-state index contributed by atoms with van der Waals surface area (Å²) in [5, 5.41) is 0. The van der Waals surface area contributed by atoms with Crippen LogP contribution in [0.2, 0.25) is 0 Å². The van der Waals surface area contributed by atoms with Crippen LogP contribution in [-0.2, 0) is 14.3 Å². The van der Waals surface area contributed by atoms with Crippen molar-refractivity contribution in [1.82, 2.24) is 4.90 Å². The highest BCUT2D eigenvalue weighted by atomic mass is 16.6. The molecule has 0 saturated carbocycles. The van der Waals surface area contributed by atoms with Gasteiger partial charge in [-0.15, -0.1) is 0 Å². The van der Waals surface area contributed by atoms with Gasteiger partial charge in [0.25, 0.3) is 0 Å². The number of methoxy groups -OCH3 is 2. The summed E-state index contributed by atoms with van der Waals surface area (Å²) in [7, 11) is 3.08. The highest BCUT2D eigenvalue weighted by Gasteiger charge is 2.33. The molecule has 1 unspecified atom stereocenters. The number of rotatable bonds is 14. The molecule has 256 valence electrons. The largest absolute Gasteiger partial charge is 0.497 e. The molecular weight excluding hydrogens is 622 g/mol. The van der Waals surface area contributed by atoms with Crippen LogP contribution >= 0.6 is 0 Å². The molecule has 3 amide bonds. The number of hydrogen-bond acceptors (Lipinski definition) is 8. The molecular formula is C39H43N3O7. The van der Waals surface area contributed by atoms with Gasteiger partial charge in [0.1, 0.15) is 23.9 Å². The molecule has 0 fully saturated rings. The average Bonchev–Trinajstić information content (AvgIpc) is 3.45. The summed E-state index contributed by atoms with van der Waals surface area (Å²) in [6, 6.07) is 29.4. The summed E-state index contributed by atoms with van der Waals surface area (Å²) < 4.78 is 22.8. The van der Waals surface area contributed by atoms with Crippen LogP contribution in [0, 0.1) is 5.92 Å². The monoisotopic (exact) mass is 665 g/mol. The van der Waals surface area contributed by atoms with E-state index in [-0.39, 0.29) is 38.1 Å². The molecule has 0 radical (unpaired) electrons. The molecule has 10 heteroatoms. The van der Waals surface area contributed by atoms with E-state index in [0.29, 0.717) is 29.4 Å². The van der Waals surface area contributed by atoms with Crippen molar-refractivity contribution in [3.63, 3.8) is 0 Å². The number of benzene rings is 4. The zero-order valence-corrected chi connectivity index (χ0v) is 28.3. The molecule has 1 aliphatic carbocycles. The van der Waals surface area contributed by atoms with E-state index in [1.165, 1.54) is 18.9 Å². The van der Waals surface area contributed by atoms with Crippen LogP contribution in [0.5, 0.6) is 17.2 Å². The second-order valence-corrected chi connectivity index (χ2v) is 11.9. The third-order valence-corrected chi connectivity index (χ3v) is 8.91. The van der Waals surface area contributed by atoms with Crippen molar-refractivity contribution >= 4 is 23.6 Å². The number of hydrogen-bond donors (Lipinski definition) is 1. The number of imide groups is 1. The van der Waals surface area contributed by atoms with Crippen LogP contribution in [0.3, 0.4) is 0 Å². The fraction of sp³-hybridized carbons (Fsp3) is 0.308. The number of para-hydroxylation sites is 1. The van der Waals surface area contributed by atoms with E-state index in [0.717, 1.165) is 27.2 Å². The van der Waals surface area contributed by atoms with Gasteiger partial charge in [0.05, 0.1) is 25.9 Å². The Labute approximate surface area is 287 Å². The van der Waals surface area contributed by atoms with E-state index in [1.807, 2.05) is 37.3 Å². The maximum Gasteiger partial charge on any atom is 0.414 e. The highest BCUT2D eigenvalue weighted by Crippen LogP contribution is 2.44. The highest BCUT2D eigenvalue weighted by molar-refractivity contribution is 5.96. The van der Waals surface area contributed by atoms with Crippen LogP contribution in [0.1, 0.15) is 43.7 Å². The lowest BCUT2D eigenvalue weighted by Crippen LogP contribution is -2.49. The van der Waals surface area contributed by atoms with Crippen LogP contribution in [0.4, 0.5) is 10.5 Å². The van der Waals surface area contributed by atoms with Crippen LogP contribution in [0.15, 0.2) is 97.1 Å². The van der Waals surface area contributed by atoms with Gasteiger partial charge in [-0.05, 0) is 58.9 Å². The van der Waals surface area contributed by atoms with E-state index in [1.54, 1.807) is 49.6 Å². The fourth-order valence-corrected chi connectivity index (χ4v) is 6.21. The maximum absolute atomic E-state index is 14.1. The summed E-state index contributed by atoms with van der Waals surface area (Å²) in [5.74, 6) is 0.103. The van der Waals surface area contributed by atoms with Crippen LogP contribution in [-0.4, -0.2) is 63.0 Å². The van der Waals surface area contributed by atoms with Crippen molar-refractivity contribution in [2.45, 2.75) is 38.6 Å². The maximum atomic E-state index is 14.1. The number of amides is 3. The third kappa shape index (κ3) is 8.04. The Balaban J connectivity index is 1.35. The molecule has 0 heterocycles. The minimum absolute atomic E-state index is 0.125. The van der Waals surface area contributed by atoms with Gasteiger partial charge >= 0.3 is 6.09 Å². The summed E-state index contributed by atoms with van der Waals surface area (Å²) >= 11 is 0. The summed E-state index contributed by atoms with van der Waals surface area (Å²) in [5.41, 5.74) is 11.4. The average molecular weight is 666 g/mol. The van der Waals surface area contributed by atoms with Crippen molar-refractivity contribution < 1.29 is 33.3 Å². The lowest BCUT2D eigenvalue weighted by atomic mass is 9.96. The van der Waals surface area contributed by atoms with Crippen molar-refractivity contribution in [1.29, 1.82) is 0 Å². The number of nitrogens with zero attached hydrogens (tertiary/aromatic N) is 2. The topological polar surface area (TPSA) is 121 Å². The van der Waals surface area contributed by atoms with E-state index < -0.39 is 23.9 Å². The number of fused-ring (bicyclic) bond motifs is 3. The van der Waals surface area contributed by atoms with Crippen LogP contribution < -0.4 is 24.8 Å². The molecule has 4 aromatic rings. The zero-order valence-electron chi connectivity index (χ0n) is 28.3.